The molecule has 2 aliphatic rings. The van der Waals surface area contributed by atoms with Gasteiger partial charge in [-0.25, -0.2) is 4.98 Å². The fourth-order valence-corrected chi connectivity index (χ4v) is 3.78. The van der Waals surface area contributed by atoms with Crippen LogP contribution in [0.4, 0.5) is 0 Å². The molecule has 0 radical (unpaired) electrons. The average molecular weight is 299 g/mol. The van der Waals surface area contributed by atoms with Gasteiger partial charge in [-0.1, -0.05) is 13.8 Å². The molecule has 3 heterocycles. The van der Waals surface area contributed by atoms with Crippen LogP contribution in [0.3, 0.4) is 0 Å². The molecular weight excluding hydrogens is 278 g/mol. The van der Waals surface area contributed by atoms with Gasteiger partial charge in [-0.15, -0.1) is 0 Å². The second-order valence-corrected chi connectivity index (χ2v) is 6.84. The molecule has 0 aromatic carbocycles. The van der Waals surface area contributed by atoms with E-state index < -0.39 is 0 Å². The highest BCUT2D eigenvalue weighted by atomic mass is 16.3. The number of nitrogens with one attached hydrogen (secondary N) is 2. The summed E-state index contributed by atoms with van der Waals surface area (Å²) in [6.45, 7) is 5.32. The maximum Gasteiger partial charge on any atom is 0.270 e. The molecule has 1 saturated heterocycles. The lowest BCUT2D eigenvalue weighted by Gasteiger charge is -2.23. The van der Waals surface area contributed by atoms with E-state index in [1.54, 1.807) is 12.5 Å². The fraction of sp³-hybridized carbons (Fsp3) is 0.529. The van der Waals surface area contributed by atoms with Gasteiger partial charge < -0.3 is 15.1 Å². The molecule has 22 heavy (non-hydrogen) atoms. The van der Waals surface area contributed by atoms with E-state index in [0.717, 1.165) is 29.5 Å². The minimum absolute atomic E-state index is 0.0860. The van der Waals surface area contributed by atoms with Crippen LogP contribution in [0.15, 0.2) is 22.9 Å². The van der Waals surface area contributed by atoms with Crippen LogP contribution < -0.4 is 10.6 Å². The average Bonchev–Trinajstić information content (AvgIpc) is 3.20. The van der Waals surface area contributed by atoms with Crippen molar-refractivity contribution >= 4 is 16.9 Å². The number of rotatable bonds is 3. The number of amides is 1. The second-order valence-electron chi connectivity index (χ2n) is 6.84. The molecule has 5 nitrogen and oxygen atoms in total. The monoisotopic (exact) mass is 299 g/mol. The number of piperidine rings is 1. The van der Waals surface area contributed by atoms with Crippen LogP contribution in [-0.4, -0.2) is 29.5 Å². The normalized spacial score (nSPS) is 27.0. The first-order valence-corrected chi connectivity index (χ1v) is 8.03. The van der Waals surface area contributed by atoms with Gasteiger partial charge in [0.2, 0.25) is 0 Å². The maximum atomic E-state index is 12.5. The van der Waals surface area contributed by atoms with Crippen molar-refractivity contribution in [3.05, 3.63) is 29.8 Å². The van der Waals surface area contributed by atoms with Crippen molar-refractivity contribution in [3.63, 3.8) is 0 Å². The topological polar surface area (TPSA) is 67.2 Å². The quantitative estimate of drug-likeness (QED) is 0.913. The van der Waals surface area contributed by atoms with E-state index in [1.165, 1.54) is 6.42 Å². The zero-order valence-corrected chi connectivity index (χ0v) is 12.9. The highest BCUT2D eigenvalue weighted by Crippen LogP contribution is 2.31. The van der Waals surface area contributed by atoms with E-state index in [0.29, 0.717) is 23.6 Å². The summed E-state index contributed by atoms with van der Waals surface area (Å²) in [5.41, 5.74) is 2.33. The Bertz CT molecular complexity index is 722. The van der Waals surface area contributed by atoms with Crippen molar-refractivity contribution in [2.45, 2.75) is 44.7 Å². The number of aromatic nitrogens is 1. The molecule has 1 saturated carbocycles. The summed E-state index contributed by atoms with van der Waals surface area (Å²) in [4.78, 5) is 16.7. The third-order valence-corrected chi connectivity index (χ3v) is 4.99. The molecule has 1 amide bonds. The van der Waals surface area contributed by atoms with E-state index in [-0.39, 0.29) is 11.9 Å². The molecular formula is C17H21N3O2. The SMILES string of the molecule is CC(C)c1coc2cnc(C(=O)NC3CC4CNC3C4)cc12. The first-order chi connectivity index (χ1) is 10.6. The van der Waals surface area contributed by atoms with Crippen LogP contribution in [0.1, 0.15) is 48.7 Å². The van der Waals surface area contributed by atoms with Gasteiger partial charge in [-0.2, -0.15) is 0 Å². The molecule has 1 aliphatic heterocycles. The Balaban J connectivity index is 1.57. The van der Waals surface area contributed by atoms with Crippen molar-refractivity contribution in [1.29, 1.82) is 0 Å². The molecule has 3 unspecified atom stereocenters. The van der Waals surface area contributed by atoms with Crippen LogP contribution in [-0.2, 0) is 0 Å². The van der Waals surface area contributed by atoms with E-state index in [2.05, 4.69) is 29.5 Å². The van der Waals surface area contributed by atoms with Gasteiger partial charge in [0.15, 0.2) is 5.58 Å². The molecule has 2 aromatic heterocycles. The molecule has 2 fully saturated rings. The predicted octanol–water partition coefficient (Wildman–Crippen LogP) is 2.43. The summed E-state index contributed by atoms with van der Waals surface area (Å²) in [5.74, 6) is 0.985. The number of hydrogen-bond donors (Lipinski definition) is 2. The highest BCUT2D eigenvalue weighted by Gasteiger charge is 2.40. The van der Waals surface area contributed by atoms with E-state index >= 15 is 0 Å². The molecule has 1 aliphatic carbocycles. The van der Waals surface area contributed by atoms with Gasteiger partial charge in [0.05, 0.1) is 12.5 Å². The summed E-state index contributed by atoms with van der Waals surface area (Å²) in [6.07, 6.45) is 5.67. The third kappa shape index (κ3) is 2.20. The molecule has 2 N–H and O–H groups in total. The summed E-state index contributed by atoms with van der Waals surface area (Å²) in [7, 11) is 0. The third-order valence-electron chi connectivity index (χ3n) is 4.99. The lowest BCUT2D eigenvalue weighted by Crippen LogP contribution is -2.48. The number of hydrogen-bond acceptors (Lipinski definition) is 4. The van der Waals surface area contributed by atoms with Crippen molar-refractivity contribution in [1.82, 2.24) is 15.6 Å². The number of furan rings is 1. The van der Waals surface area contributed by atoms with E-state index in [1.807, 2.05) is 6.07 Å². The Labute approximate surface area is 129 Å². The lowest BCUT2D eigenvalue weighted by atomic mass is 10.0. The van der Waals surface area contributed by atoms with Crippen LogP contribution in [0.25, 0.3) is 11.0 Å². The van der Waals surface area contributed by atoms with Crippen molar-refractivity contribution < 1.29 is 9.21 Å². The van der Waals surface area contributed by atoms with Gasteiger partial charge in [0.1, 0.15) is 5.69 Å². The van der Waals surface area contributed by atoms with Crippen LogP contribution >= 0.6 is 0 Å². The molecule has 116 valence electrons. The maximum absolute atomic E-state index is 12.5. The van der Waals surface area contributed by atoms with Crippen molar-refractivity contribution in [3.8, 4) is 0 Å². The van der Waals surface area contributed by atoms with Gasteiger partial charge >= 0.3 is 0 Å². The van der Waals surface area contributed by atoms with E-state index in [9.17, 15) is 4.79 Å². The Hall–Kier alpha value is -1.88. The number of nitrogens with zero attached hydrogens (tertiary/aromatic N) is 1. The Morgan fingerprint density at radius 3 is 3.00 bits per heavy atom. The summed E-state index contributed by atoms with van der Waals surface area (Å²) in [6, 6.07) is 2.51. The predicted molar refractivity (Wildman–Crippen MR) is 83.9 cm³/mol. The van der Waals surface area contributed by atoms with Gasteiger partial charge in [-0.3, -0.25) is 4.79 Å². The van der Waals surface area contributed by atoms with Gasteiger partial charge in [0, 0.05) is 23.0 Å². The lowest BCUT2D eigenvalue weighted by molar-refractivity contribution is 0.0923. The van der Waals surface area contributed by atoms with Crippen molar-refractivity contribution in [2.75, 3.05) is 6.54 Å². The van der Waals surface area contributed by atoms with Crippen LogP contribution in [0, 0.1) is 5.92 Å². The number of pyridine rings is 1. The number of carbonyl (C=O) groups is 1. The van der Waals surface area contributed by atoms with Gasteiger partial charge in [0.25, 0.3) is 5.91 Å². The van der Waals surface area contributed by atoms with Crippen LogP contribution in [0.2, 0.25) is 0 Å². The second kappa shape index (κ2) is 5.09. The molecule has 2 bridgehead atoms. The number of carbonyl (C=O) groups excluding carboxylic acids is 1. The smallest absolute Gasteiger partial charge is 0.270 e. The zero-order valence-electron chi connectivity index (χ0n) is 12.9. The highest BCUT2D eigenvalue weighted by molar-refractivity contribution is 5.96. The van der Waals surface area contributed by atoms with Crippen LogP contribution in [0.5, 0.6) is 0 Å². The Morgan fingerprint density at radius 1 is 1.45 bits per heavy atom. The summed E-state index contributed by atoms with van der Waals surface area (Å²) < 4.78 is 5.51. The zero-order chi connectivity index (χ0) is 15.3. The van der Waals surface area contributed by atoms with Crippen molar-refractivity contribution in [2.24, 2.45) is 5.92 Å². The summed E-state index contributed by atoms with van der Waals surface area (Å²) in [5, 5.41) is 7.59. The number of fused-ring (bicyclic) bond motifs is 3. The molecule has 2 aromatic rings. The first kappa shape index (κ1) is 13.8. The molecule has 3 atom stereocenters. The van der Waals surface area contributed by atoms with E-state index in [4.69, 9.17) is 4.42 Å². The first-order valence-electron chi connectivity index (χ1n) is 8.03. The fourth-order valence-electron chi connectivity index (χ4n) is 3.78. The standard InChI is InChI=1S/C17H21N3O2/c1-9(2)12-8-22-16-7-19-15(5-11(12)16)17(21)20-14-4-10-3-13(14)18-6-10/h5,7-10,13-14,18H,3-4,6H2,1-2H3,(H,20,21). The van der Waals surface area contributed by atoms with Gasteiger partial charge in [-0.05, 0) is 37.3 Å². The minimum atomic E-state index is -0.0860. The Kier molecular flexibility index (Phi) is 3.18. The molecule has 0 spiro atoms. The summed E-state index contributed by atoms with van der Waals surface area (Å²) >= 11 is 0. The molecule has 5 heteroatoms. The minimum Gasteiger partial charge on any atom is -0.462 e. The molecule has 4 rings (SSSR count). The largest absolute Gasteiger partial charge is 0.462 e. The Morgan fingerprint density at radius 2 is 2.32 bits per heavy atom.